The Morgan fingerprint density at radius 1 is 0.326 bits per heavy atom. The van der Waals surface area contributed by atoms with Crippen LogP contribution in [0.3, 0.4) is 0 Å². The Kier molecular flexibility index (Phi) is 6.17. The minimum atomic E-state index is 0.912. The SMILES string of the molecule is c1ccc(-c2ccccc2Nc2ccccc2-c2ccc(-c3cc4oc5ccccc5c4c4ccccc34)c3ccccc23)cc1. The maximum Gasteiger partial charge on any atom is 0.136 e. The first-order valence-electron chi connectivity index (χ1n) is 15.7. The molecule has 0 unspecified atom stereocenters. The van der Waals surface area contributed by atoms with Gasteiger partial charge in [-0.2, -0.15) is 0 Å². The van der Waals surface area contributed by atoms with Crippen LogP contribution in [0.1, 0.15) is 0 Å². The first kappa shape index (κ1) is 26.3. The van der Waals surface area contributed by atoms with Crippen LogP contribution < -0.4 is 5.32 Å². The second-order valence-corrected chi connectivity index (χ2v) is 11.7. The van der Waals surface area contributed by atoms with Crippen LogP contribution in [0.15, 0.2) is 174 Å². The number of nitrogens with one attached hydrogen (secondary N) is 1. The Bertz CT molecular complexity index is 2560. The second-order valence-electron chi connectivity index (χ2n) is 11.7. The smallest absolute Gasteiger partial charge is 0.136 e. The van der Waals surface area contributed by atoms with Crippen molar-refractivity contribution in [1.82, 2.24) is 0 Å². The molecule has 0 aliphatic heterocycles. The zero-order valence-electron chi connectivity index (χ0n) is 25.1. The molecular formula is C44H29NO. The average Bonchev–Trinajstić information content (AvgIpc) is 3.51. The van der Waals surface area contributed by atoms with Crippen molar-refractivity contribution >= 4 is 54.9 Å². The van der Waals surface area contributed by atoms with Gasteiger partial charge in [-0.15, -0.1) is 0 Å². The molecule has 0 bridgehead atoms. The van der Waals surface area contributed by atoms with Gasteiger partial charge >= 0.3 is 0 Å². The van der Waals surface area contributed by atoms with E-state index in [0.717, 1.165) is 33.5 Å². The molecule has 216 valence electrons. The van der Waals surface area contributed by atoms with Crippen molar-refractivity contribution in [2.24, 2.45) is 0 Å². The van der Waals surface area contributed by atoms with E-state index < -0.39 is 0 Å². The first-order valence-corrected chi connectivity index (χ1v) is 15.7. The molecule has 9 rings (SSSR count). The summed E-state index contributed by atoms with van der Waals surface area (Å²) in [6, 6.07) is 60.2. The second kappa shape index (κ2) is 10.8. The van der Waals surface area contributed by atoms with E-state index in [1.807, 2.05) is 6.07 Å². The van der Waals surface area contributed by atoms with Gasteiger partial charge in [-0.05, 0) is 68.1 Å². The molecule has 0 amide bonds. The lowest BCUT2D eigenvalue weighted by Crippen LogP contribution is -1.96. The molecule has 9 aromatic rings. The molecule has 1 heterocycles. The standard InChI is InChI=1S/C44H29NO/c1-2-14-29(15-3-1)30-16-8-11-23-40(30)45-41-24-12-9-20-36(41)34-26-27-35(32-18-5-4-17-31(32)34)39-28-43-44(37-21-7-6-19-33(37)39)38-22-10-13-25-42(38)46-43/h1-28,45H. The number of hydrogen-bond acceptors (Lipinski definition) is 2. The number of fused-ring (bicyclic) bond motifs is 6. The highest BCUT2D eigenvalue weighted by Crippen LogP contribution is 2.44. The maximum atomic E-state index is 6.43. The maximum absolute atomic E-state index is 6.43. The van der Waals surface area contributed by atoms with Gasteiger partial charge in [0.1, 0.15) is 11.2 Å². The summed E-state index contributed by atoms with van der Waals surface area (Å²) in [5.41, 5.74) is 11.0. The van der Waals surface area contributed by atoms with E-state index in [-0.39, 0.29) is 0 Å². The average molecular weight is 588 g/mol. The van der Waals surface area contributed by atoms with Gasteiger partial charge in [0.25, 0.3) is 0 Å². The molecule has 0 atom stereocenters. The van der Waals surface area contributed by atoms with E-state index in [0.29, 0.717) is 0 Å². The number of rotatable bonds is 5. The number of hydrogen-bond donors (Lipinski definition) is 1. The zero-order chi connectivity index (χ0) is 30.5. The Balaban J connectivity index is 1.22. The summed E-state index contributed by atoms with van der Waals surface area (Å²) < 4.78 is 6.43. The highest BCUT2D eigenvalue weighted by Gasteiger charge is 2.18. The van der Waals surface area contributed by atoms with E-state index in [1.165, 1.54) is 54.7 Å². The quantitative estimate of drug-likeness (QED) is 0.217. The van der Waals surface area contributed by atoms with Gasteiger partial charge in [-0.1, -0.05) is 146 Å². The van der Waals surface area contributed by atoms with Crippen molar-refractivity contribution < 1.29 is 4.42 Å². The monoisotopic (exact) mass is 587 g/mol. The van der Waals surface area contributed by atoms with Gasteiger partial charge in [-0.3, -0.25) is 0 Å². The zero-order valence-corrected chi connectivity index (χ0v) is 25.1. The van der Waals surface area contributed by atoms with Crippen LogP contribution in [-0.4, -0.2) is 0 Å². The molecule has 8 aromatic carbocycles. The lowest BCUT2D eigenvalue weighted by atomic mass is 9.88. The molecule has 2 nitrogen and oxygen atoms in total. The topological polar surface area (TPSA) is 25.2 Å². The highest BCUT2D eigenvalue weighted by atomic mass is 16.3. The minimum absolute atomic E-state index is 0.912. The van der Waals surface area contributed by atoms with Crippen molar-refractivity contribution in [2.45, 2.75) is 0 Å². The van der Waals surface area contributed by atoms with Gasteiger partial charge in [0.05, 0.1) is 0 Å². The number of furan rings is 1. The summed E-state index contributed by atoms with van der Waals surface area (Å²) in [4.78, 5) is 0. The van der Waals surface area contributed by atoms with Crippen LogP contribution in [0.2, 0.25) is 0 Å². The van der Waals surface area contributed by atoms with E-state index in [2.05, 4.69) is 169 Å². The van der Waals surface area contributed by atoms with Crippen molar-refractivity contribution in [2.75, 3.05) is 5.32 Å². The van der Waals surface area contributed by atoms with Gasteiger partial charge in [0, 0.05) is 33.3 Å². The van der Waals surface area contributed by atoms with E-state index in [4.69, 9.17) is 4.42 Å². The Hall–Kier alpha value is -6.12. The Morgan fingerprint density at radius 2 is 0.826 bits per heavy atom. The first-order chi connectivity index (χ1) is 22.8. The summed E-state index contributed by atoms with van der Waals surface area (Å²) in [6.07, 6.45) is 0. The molecule has 0 saturated carbocycles. The summed E-state index contributed by atoms with van der Waals surface area (Å²) in [7, 11) is 0. The van der Waals surface area contributed by atoms with Crippen molar-refractivity contribution in [3.8, 4) is 33.4 Å². The molecule has 0 fully saturated rings. The molecule has 0 spiro atoms. The molecule has 2 heteroatoms. The summed E-state index contributed by atoms with van der Waals surface area (Å²) in [5, 5.41) is 11.0. The summed E-state index contributed by atoms with van der Waals surface area (Å²) in [6.45, 7) is 0. The van der Waals surface area contributed by atoms with E-state index >= 15 is 0 Å². The minimum Gasteiger partial charge on any atom is -0.456 e. The Morgan fingerprint density at radius 3 is 1.54 bits per heavy atom. The predicted molar refractivity (Wildman–Crippen MR) is 195 cm³/mol. The van der Waals surface area contributed by atoms with Crippen molar-refractivity contribution in [3.05, 3.63) is 170 Å². The Labute approximate surface area is 267 Å². The number of anilines is 2. The van der Waals surface area contributed by atoms with Crippen molar-refractivity contribution in [1.29, 1.82) is 0 Å². The molecule has 0 aliphatic carbocycles. The lowest BCUT2D eigenvalue weighted by molar-refractivity contribution is 0.669. The normalized spacial score (nSPS) is 11.5. The third-order valence-corrected chi connectivity index (χ3v) is 9.10. The van der Waals surface area contributed by atoms with Crippen LogP contribution >= 0.6 is 0 Å². The van der Waals surface area contributed by atoms with Crippen LogP contribution in [0.25, 0.3) is 76.9 Å². The summed E-state index contributed by atoms with van der Waals surface area (Å²) in [5.74, 6) is 0. The van der Waals surface area contributed by atoms with Gasteiger partial charge < -0.3 is 9.73 Å². The van der Waals surface area contributed by atoms with Gasteiger partial charge in [-0.25, -0.2) is 0 Å². The molecule has 1 N–H and O–H groups in total. The highest BCUT2D eigenvalue weighted by molar-refractivity contribution is 6.23. The fraction of sp³-hybridized carbons (Fsp3) is 0. The summed E-state index contributed by atoms with van der Waals surface area (Å²) >= 11 is 0. The molecular weight excluding hydrogens is 558 g/mol. The fourth-order valence-corrected chi connectivity index (χ4v) is 7.01. The lowest BCUT2D eigenvalue weighted by Gasteiger charge is -2.18. The largest absolute Gasteiger partial charge is 0.456 e. The van der Waals surface area contributed by atoms with E-state index in [1.54, 1.807) is 0 Å². The fourth-order valence-electron chi connectivity index (χ4n) is 7.01. The number of para-hydroxylation sites is 3. The third kappa shape index (κ3) is 4.27. The molecule has 0 aliphatic rings. The van der Waals surface area contributed by atoms with Gasteiger partial charge in [0.2, 0.25) is 0 Å². The van der Waals surface area contributed by atoms with Gasteiger partial charge in [0.15, 0.2) is 0 Å². The van der Waals surface area contributed by atoms with Crippen LogP contribution in [0.5, 0.6) is 0 Å². The van der Waals surface area contributed by atoms with Crippen molar-refractivity contribution in [3.63, 3.8) is 0 Å². The molecule has 1 aromatic heterocycles. The molecule has 46 heavy (non-hydrogen) atoms. The van der Waals surface area contributed by atoms with Crippen LogP contribution in [0, 0.1) is 0 Å². The predicted octanol–water partition coefficient (Wildman–Crippen LogP) is 12.6. The molecule has 0 saturated heterocycles. The third-order valence-electron chi connectivity index (χ3n) is 9.10. The number of benzene rings is 8. The van der Waals surface area contributed by atoms with Crippen LogP contribution in [-0.2, 0) is 0 Å². The van der Waals surface area contributed by atoms with E-state index in [9.17, 15) is 0 Å². The van der Waals surface area contributed by atoms with Crippen LogP contribution in [0.4, 0.5) is 11.4 Å². The molecule has 0 radical (unpaired) electrons.